The van der Waals surface area contributed by atoms with Crippen molar-refractivity contribution in [2.45, 2.75) is 51.6 Å². The normalized spacial score (nSPS) is 20.1. The first-order valence-corrected chi connectivity index (χ1v) is 10.4. The Bertz CT molecular complexity index is 433. The van der Waals surface area contributed by atoms with E-state index in [1.54, 1.807) is 0 Å². The summed E-state index contributed by atoms with van der Waals surface area (Å²) in [5.41, 5.74) is 0. The molecule has 158 valence electrons. The van der Waals surface area contributed by atoms with E-state index >= 15 is 0 Å². The van der Waals surface area contributed by atoms with Crippen LogP contribution in [0.25, 0.3) is 0 Å². The molecule has 0 aromatic carbocycles. The molecular formula is C19H35F3N4O. The maximum Gasteiger partial charge on any atom is 0.401 e. The maximum absolute atomic E-state index is 12.4. The van der Waals surface area contributed by atoms with Gasteiger partial charge in [0.25, 0.3) is 0 Å². The Hall–Kier alpha value is -1.02. The van der Waals surface area contributed by atoms with Crippen LogP contribution in [0.2, 0.25) is 0 Å². The van der Waals surface area contributed by atoms with Crippen LogP contribution in [0.5, 0.6) is 0 Å². The smallest absolute Gasteiger partial charge is 0.381 e. The van der Waals surface area contributed by atoms with E-state index in [2.05, 4.69) is 15.6 Å². The summed E-state index contributed by atoms with van der Waals surface area (Å²) in [4.78, 5) is 6.08. The summed E-state index contributed by atoms with van der Waals surface area (Å²) in [6, 6.07) is 0. The number of halogens is 3. The molecule has 8 heteroatoms. The van der Waals surface area contributed by atoms with Gasteiger partial charge in [0, 0.05) is 32.8 Å². The van der Waals surface area contributed by atoms with Crippen LogP contribution in [0.15, 0.2) is 4.99 Å². The van der Waals surface area contributed by atoms with Crippen molar-refractivity contribution < 1.29 is 17.9 Å². The van der Waals surface area contributed by atoms with Crippen molar-refractivity contribution in [2.24, 2.45) is 16.8 Å². The molecule has 2 N–H and O–H groups in total. The van der Waals surface area contributed by atoms with Crippen LogP contribution in [-0.2, 0) is 4.74 Å². The summed E-state index contributed by atoms with van der Waals surface area (Å²) in [6.45, 7) is 6.33. The van der Waals surface area contributed by atoms with Gasteiger partial charge in [-0.05, 0) is 70.4 Å². The zero-order valence-electron chi connectivity index (χ0n) is 16.5. The van der Waals surface area contributed by atoms with E-state index in [1.165, 1.54) is 17.7 Å². The Morgan fingerprint density at radius 2 is 1.85 bits per heavy atom. The summed E-state index contributed by atoms with van der Waals surface area (Å²) in [5, 5.41) is 6.58. The Balaban J connectivity index is 1.54. The minimum atomic E-state index is -4.09. The molecule has 0 atom stereocenters. The van der Waals surface area contributed by atoms with Crippen molar-refractivity contribution in [1.82, 2.24) is 15.5 Å². The number of nitrogens with one attached hydrogen (secondary N) is 2. The first-order chi connectivity index (χ1) is 13.0. The Morgan fingerprint density at radius 1 is 1.11 bits per heavy atom. The van der Waals surface area contributed by atoms with Gasteiger partial charge in [-0.15, -0.1) is 0 Å². The number of nitrogens with zero attached hydrogens (tertiary/aromatic N) is 2. The molecule has 0 radical (unpaired) electrons. The molecule has 2 aliphatic rings. The number of hydrogen-bond acceptors (Lipinski definition) is 3. The lowest BCUT2D eigenvalue weighted by Gasteiger charge is -2.32. The van der Waals surface area contributed by atoms with Gasteiger partial charge in [-0.2, -0.15) is 13.2 Å². The zero-order chi connectivity index (χ0) is 19.5. The summed E-state index contributed by atoms with van der Waals surface area (Å²) in [7, 11) is 0. The van der Waals surface area contributed by atoms with Crippen LogP contribution >= 0.6 is 0 Å². The molecule has 1 saturated heterocycles. The van der Waals surface area contributed by atoms with E-state index < -0.39 is 12.7 Å². The molecule has 1 aliphatic carbocycles. The van der Waals surface area contributed by atoms with Gasteiger partial charge in [0.2, 0.25) is 0 Å². The van der Waals surface area contributed by atoms with E-state index in [-0.39, 0.29) is 0 Å². The van der Waals surface area contributed by atoms with E-state index in [1.807, 2.05) is 6.92 Å². The maximum atomic E-state index is 12.4. The highest BCUT2D eigenvalue weighted by Crippen LogP contribution is 2.28. The summed E-state index contributed by atoms with van der Waals surface area (Å²) < 4.78 is 42.9. The molecule has 0 spiro atoms. The van der Waals surface area contributed by atoms with Crippen molar-refractivity contribution in [1.29, 1.82) is 0 Å². The number of ether oxygens (including phenoxy) is 1. The van der Waals surface area contributed by atoms with Crippen molar-refractivity contribution in [3.63, 3.8) is 0 Å². The molecule has 1 heterocycles. The number of hydrogen-bond donors (Lipinski definition) is 2. The lowest BCUT2D eigenvalue weighted by molar-refractivity contribution is -0.148. The van der Waals surface area contributed by atoms with E-state index in [0.717, 1.165) is 70.4 Å². The molecule has 0 amide bonds. The van der Waals surface area contributed by atoms with Crippen molar-refractivity contribution in [3.8, 4) is 0 Å². The summed E-state index contributed by atoms with van der Waals surface area (Å²) in [5.74, 6) is 2.10. The van der Waals surface area contributed by atoms with Gasteiger partial charge in [0.1, 0.15) is 0 Å². The quantitative estimate of drug-likeness (QED) is 0.322. The first-order valence-electron chi connectivity index (χ1n) is 10.4. The van der Waals surface area contributed by atoms with E-state index in [4.69, 9.17) is 4.74 Å². The molecule has 0 bridgehead atoms. The van der Waals surface area contributed by atoms with Gasteiger partial charge in [0.05, 0.1) is 6.54 Å². The molecule has 1 saturated carbocycles. The van der Waals surface area contributed by atoms with E-state index in [0.29, 0.717) is 19.0 Å². The Labute approximate surface area is 161 Å². The van der Waals surface area contributed by atoms with Crippen LogP contribution in [0.4, 0.5) is 13.2 Å². The third-order valence-corrected chi connectivity index (χ3v) is 5.07. The number of aliphatic imine (C=N–C) groups is 1. The monoisotopic (exact) mass is 392 g/mol. The Kier molecular flexibility index (Phi) is 9.68. The van der Waals surface area contributed by atoms with E-state index in [9.17, 15) is 13.2 Å². The van der Waals surface area contributed by atoms with Crippen molar-refractivity contribution in [2.75, 3.05) is 52.5 Å². The highest BCUT2D eigenvalue weighted by molar-refractivity contribution is 5.79. The fraction of sp³-hybridized carbons (Fsp3) is 0.947. The number of likely N-dealkylation sites (tertiary alicyclic amines) is 1. The van der Waals surface area contributed by atoms with Crippen LogP contribution in [0, 0.1) is 11.8 Å². The molecule has 0 unspecified atom stereocenters. The molecule has 0 aromatic heterocycles. The minimum Gasteiger partial charge on any atom is -0.381 e. The largest absolute Gasteiger partial charge is 0.401 e. The predicted molar refractivity (Wildman–Crippen MR) is 102 cm³/mol. The molecule has 2 rings (SSSR count). The van der Waals surface area contributed by atoms with Gasteiger partial charge in [-0.3, -0.25) is 9.89 Å². The van der Waals surface area contributed by atoms with Crippen LogP contribution in [0.3, 0.4) is 0 Å². The lowest BCUT2D eigenvalue weighted by Crippen LogP contribution is -2.41. The van der Waals surface area contributed by atoms with Crippen molar-refractivity contribution in [3.05, 3.63) is 0 Å². The Morgan fingerprint density at radius 3 is 2.48 bits per heavy atom. The highest BCUT2D eigenvalue weighted by atomic mass is 19.4. The van der Waals surface area contributed by atoms with Gasteiger partial charge in [0.15, 0.2) is 5.96 Å². The second-order valence-corrected chi connectivity index (χ2v) is 7.68. The number of guanidine groups is 1. The van der Waals surface area contributed by atoms with Gasteiger partial charge < -0.3 is 15.4 Å². The third kappa shape index (κ3) is 10.8. The average Bonchev–Trinajstić information content (AvgIpc) is 3.42. The summed E-state index contributed by atoms with van der Waals surface area (Å²) >= 11 is 0. The molecule has 1 aliphatic heterocycles. The van der Waals surface area contributed by atoms with Gasteiger partial charge in [-0.25, -0.2) is 0 Å². The zero-order valence-corrected chi connectivity index (χ0v) is 16.5. The molecule has 5 nitrogen and oxygen atoms in total. The number of alkyl halides is 3. The fourth-order valence-electron chi connectivity index (χ4n) is 3.32. The standard InChI is InChI=1S/C19H35F3N4O/c1-2-23-18(24-9-3-13-27-14-17-4-5-17)25-10-6-16-7-11-26(12-8-16)15-19(20,21)22/h16-17H,2-15H2,1H3,(H2,23,24,25). The van der Waals surface area contributed by atoms with Gasteiger partial charge >= 0.3 is 6.18 Å². The SMILES string of the molecule is CCNC(=NCCCOCC1CC1)NCCC1CCN(CC(F)(F)F)CC1. The fourth-order valence-corrected chi connectivity index (χ4v) is 3.32. The predicted octanol–water partition coefficient (Wildman–Crippen LogP) is 3.02. The number of piperidine rings is 1. The highest BCUT2D eigenvalue weighted by Gasteiger charge is 2.32. The molecule has 27 heavy (non-hydrogen) atoms. The molecular weight excluding hydrogens is 357 g/mol. The van der Waals surface area contributed by atoms with Crippen LogP contribution < -0.4 is 10.6 Å². The lowest BCUT2D eigenvalue weighted by atomic mass is 9.93. The topological polar surface area (TPSA) is 48.9 Å². The van der Waals surface area contributed by atoms with Crippen LogP contribution in [-0.4, -0.2) is 69.5 Å². The minimum absolute atomic E-state index is 0.487. The first kappa shape index (κ1) is 22.3. The van der Waals surface area contributed by atoms with Crippen molar-refractivity contribution >= 4 is 5.96 Å². The second-order valence-electron chi connectivity index (χ2n) is 7.68. The van der Waals surface area contributed by atoms with Crippen LogP contribution in [0.1, 0.15) is 45.4 Å². The number of rotatable bonds is 11. The molecule has 2 fully saturated rings. The average molecular weight is 393 g/mol. The third-order valence-electron chi connectivity index (χ3n) is 5.07. The van der Waals surface area contributed by atoms with Gasteiger partial charge in [-0.1, -0.05) is 0 Å². The second kappa shape index (κ2) is 11.7. The molecule has 0 aromatic rings. The summed E-state index contributed by atoms with van der Waals surface area (Å²) in [6.07, 6.45) is 2.10.